The van der Waals surface area contributed by atoms with Crippen LogP contribution in [-0.2, 0) is 28.5 Å². The molecule has 33 heavy (non-hydrogen) atoms. The molecule has 0 aromatic carbocycles. The van der Waals surface area contributed by atoms with Crippen molar-refractivity contribution in [2.75, 3.05) is 13.7 Å². The summed E-state index contributed by atoms with van der Waals surface area (Å²) in [7, 11) is 1.65. The van der Waals surface area contributed by atoms with Crippen LogP contribution in [0, 0.1) is 5.92 Å². The first-order valence-corrected chi connectivity index (χ1v) is 11.3. The highest BCUT2D eigenvalue weighted by Crippen LogP contribution is 2.59. The molecule has 2 heterocycles. The van der Waals surface area contributed by atoms with Crippen LogP contribution in [0.1, 0.15) is 40.0 Å². The zero-order chi connectivity index (χ0) is 24.1. The fourth-order valence-electron chi connectivity index (χ4n) is 4.79. The number of epoxide rings is 2. The highest BCUT2D eigenvalue weighted by atomic mass is 16.6. The molecular formula is C26H34O7. The molecule has 1 aliphatic carbocycles. The van der Waals surface area contributed by atoms with Gasteiger partial charge in [0.05, 0.1) is 18.6 Å². The van der Waals surface area contributed by atoms with E-state index in [0.717, 1.165) is 18.9 Å². The van der Waals surface area contributed by atoms with Crippen LogP contribution in [0.25, 0.3) is 0 Å². The molecule has 0 amide bonds. The Hall–Kier alpha value is -2.48. The third-order valence-corrected chi connectivity index (χ3v) is 6.53. The monoisotopic (exact) mass is 458 g/mol. The highest BCUT2D eigenvalue weighted by Gasteiger charge is 2.72. The Morgan fingerprint density at radius 3 is 2.30 bits per heavy atom. The van der Waals surface area contributed by atoms with E-state index in [0.29, 0.717) is 13.0 Å². The summed E-state index contributed by atoms with van der Waals surface area (Å²) in [6.07, 6.45) is 16.0. The quantitative estimate of drug-likeness (QED) is 0.174. The van der Waals surface area contributed by atoms with Crippen molar-refractivity contribution < 1.29 is 33.6 Å². The number of esters is 1. The molecule has 0 radical (unpaired) electrons. The van der Waals surface area contributed by atoms with Crippen LogP contribution in [-0.4, -0.2) is 60.3 Å². The minimum atomic E-state index is -1.00. The minimum Gasteiger partial charge on any atom is -0.478 e. The fourth-order valence-corrected chi connectivity index (χ4v) is 4.79. The van der Waals surface area contributed by atoms with E-state index in [1.807, 2.05) is 0 Å². The molecule has 1 N–H and O–H groups in total. The largest absolute Gasteiger partial charge is 0.478 e. The van der Waals surface area contributed by atoms with Crippen LogP contribution >= 0.6 is 0 Å². The Labute approximate surface area is 195 Å². The molecule has 1 spiro atoms. The molecule has 3 fully saturated rings. The van der Waals surface area contributed by atoms with Crippen molar-refractivity contribution in [3.05, 3.63) is 60.3 Å². The Kier molecular flexibility index (Phi) is 8.10. The molecule has 3 rings (SSSR count). The van der Waals surface area contributed by atoms with Crippen LogP contribution < -0.4 is 0 Å². The van der Waals surface area contributed by atoms with Crippen molar-refractivity contribution in [3.8, 4) is 0 Å². The third-order valence-electron chi connectivity index (χ3n) is 6.53. The Balaban J connectivity index is 1.59. The van der Waals surface area contributed by atoms with Gasteiger partial charge in [0.15, 0.2) is 0 Å². The van der Waals surface area contributed by atoms with Crippen molar-refractivity contribution in [1.82, 2.24) is 0 Å². The molecule has 7 nitrogen and oxygen atoms in total. The third kappa shape index (κ3) is 6.31. The van der Waals surface area contributed by atoms with E-state index in [-0.39, 0.29) is 35.4 Å². The topological polar surface area (TPSA) is 97.9 Å². The van der Waals surface area contributed by atoms with Gasteiger partial charge in [-0.15, -0.1) is 0 Å². The van der Waals surface area contributed by atoms with Crippen LogP contribution in [0.3, 0.4) is 0 Å². The summed E-state index contributed by atoms with van der Waals surface area (Å²) in [5.41, 5.74) is 0.642. The summed E-state index contributed by atoms with van der Waals surface area (Å²) in [4.78, 5) is 22.8. The molecule has 0 bridgehead atoms. The van der Waals surface area contributed by atoms with E-state index in [2.05, 4.69) is 26.8 Å². The number of hydrogen-bond acceptors (Lipinski definition) is 6. The number of hydrogen-bond donors (Lipinski definition) is 1. The molecule has 6 atom stereocenters. The maximum atomic E-state index is 12.4. The number of carbonyl (C=O) groups excluding carboxylic acids is 1. The van der Waals surface area contributed by atoms with E-state index < -0.39 is 11.9 Å². The lowest BCUT2D eigenvalue weighted by Crippen LogP contribution is -2.55. The van der Waals surface area contributed by atoms with E-state index in [1.54, 1.807) is 37.5 Å². The van der Waals surface area contributed by atoms with E-state index in [9.17, 15) is 9.59 Å². The van der Waals surface area contributed by atoms with Gasteiger partial charge in [-0.2, -0.15) is 0 Å². The van der Waals surface area contributed by atoms with Gasteiger partial charge < -0.3 is 24.1 Å². The van der Waals surface area contributed by atoms with Gasteiger partial charge in [0.2, 0.25) is 0 Å². The molecule has 2 aliphatic heterocycles. The minimum absolute atomic E-state index is 0.00928. The Morgan fingerprint density at radius 1 is 1.09 bits per heavy atom. The van der Waals surface area contributed by atoms with Gasteiger partial charge in [0.25, 0.3) is 0 Å². The van der Waals surface area contributed by atoms with Crippen LogP contribution in [0.5, 0.6) is 0 Å². The second-order valence-electron chi connectivity index (χ2n) is 9.18. The van der Waals surface area contributed by atoms with E-state index in [1.165, 1.54) is 17.7 Å². The molecule has 2 saturated heterocycles. The number of aliphatic carboxylic acids is 1. The van der Waals surface area contributed by atoms with Gasteiger partial charge in [-0.3, -0.25) is 0 Å². The van der Waals surface area contributed by atoms with Gasteiger partial charge in [-0.25, -0.2) is 9.59 Å². The van der Waals surface area contributed by atoms with Crippen molar-refractivity contribution in [3.63, 3.8) is 0 Å². The molecule has 180 valence electrons. The number of rotatable bonds is 10. The number of ether oxygens (including phenoxy) is 4. The Morgan fingerprint density at radius 2 is 1.73 bits per heavy atom. The molecule has 0 aromatic heterocycles. The summed E-state index contributed by atoms with van der Waals surface area (Å²) in [6, 6.07) is 0. The number of carbonyl (C=O) groups is 2. The molecular weight excluding hydrogens is 424 g/mol. The summed E-state index contributed by atoms with van der Waals surface area (Å²) < 4.78 is 23.8. The molecule has 3 aliphatic rings. The summed E-state index contributed by atoms with van der Waals surface area (Å²) in [6.45, 7) is 6.96. The van der Waals surface area contributed by atoms with Crippen molar-refractivity contribution >= 4 is 11.9 Å². The predicted octanol–water partition coefficient (Wildman–Crippen LogP) is 3.92. The predicted molar refractivity (Wildman–Crippen MR) is 124 cm³/mol. The fraction of sp³-hybridized carbons (Fsp3) is 0.538. The Bertz CT molecular complexity index is 873. The maximum Gasteiger partial charge on any atom is 0.331 e. The molecule has 7 heteroatoms. The lowest BCUT2D eigenvalue weighted by Gasteiger charge is -2.42. The van der Waals surface area contributed by atoms with Gasteiger partial charge in [0.1, 0.15) is 23.4 Å². The van der Waals surface area contributed by atoms with E-state index in [4.69, 9.17) is 24.1 Å². The highest BCUT2D eigenvalue weighted by molar-refractivity contribution is 5.82. The lowest BCUT2D eigenvalue weighted by atomic mass is 9.68. The van der Waals surface area contributed by atoms with E-state index >= 15 is 0 Å². The average molecular weight is 459 g/mol. The normalized spacial score (nSPS) is 35.6. The maximum absolute atomic E-state index is 12.4. The first-order valence-electron chi connectivity index (χ1n) is 11.3. The first kappa shape index (κ1) is 25.1. The molecule has 0 aromatic rings. The second kappa shape index (κ2) is 10.6. The number of methoxy groups -OCH3 is 1. The number of carboxylic acid groups (broad SMARTS) is 1. The SMILES string of the molecule is CO[C@@H]1C(OC(=O)C=CC=CC=CC=CC(=O)O)CC[C@]2(CO2)[C@H]1[C@@]1(C)O[C@@H]1CC=C(C)C. The second-order valence-corrected chi connectivity index (χ2v) is 9.18. The summed E-state index contributed by atoms with van der Waals surface area (Å²) in [5, 5.41) is 8.51. The van der Waals surface area contributed by atoms with Crippen molar-refractivity contribution in [1.29, 1.82) is 0 Å². The van der Waals surface area contributed by atoms with Crippen LogP contribution in [0.2, 0.25) is 0 Å². The average Bonchev–Trinajstić information content (AvgIpc) is 3.67. The lowest BCUT2D eigenvalue weighted by molar-refractivity contribution is -0.166. The van der Waals surface area contributed by atoms with Gasteiger partial charge in [0, 0.05) is 19.3 Å². The standard InChI is InChI=1S/C26H34O7/c1-18(2)13-14-20-25(3,33-20)24-23(30-4)19(15-16-26(24)17-31-26)32-22(29)12-10-8-6-5-7-9-11-21(27)28/h5-13,19-20,23-24H,14-17H2,1-4H3,(H,27,28)/t19?,20-,23-,24-,25+,26+/m1/s1. The van der Waals surface area contributed by atoms with Crippen LogP contribution in [0.4, 0.5) is 0 Å². The van der Waals surface area contributed by atoms with Crippen LogP contribution in [0.15, 0.2) is 60.3 Å². The smallest absolute Gasteiger partial charge is 0.331 e. The number of allylic oxidation sites excluding steroid dienone is 7. The van der Waals surface area contributed by atoms with Crippen molar-refractivity contribution in [2.24, 2.45) is 5.92 Å². The molecule has 1 unspecified atom stereocenters. The first-order chi connectivity index (χ1) is 15.7. The molecule has 1 saturated carbocycles. The van der Waals surface area contributed by atoms with Gasteiger partial charge in [-0.05, 0) is 40.0 Å². The van der Waals surface area contributed by atoms with Crippen molar-refractivity contribution in [2.45, 2.75) is 69.5 Å². The zero-order valence-corrected chi connectivity index (χ0v) is 19.7. The number of carboxylic acids is 1. The van der Waals surface area contributed by atoms with Gasteiger partial charge in [-0.1, -0.05) is 48.1 Å². The summed E-state index contributed by atoms with van der Waals surface area (Å²) in [5.74, 6) is -1.45. The summed E-state index contributed by atoms with van der Waals surface area (Å²) >= 11 is 0. The van der Waals surface area contributed by atoms with Gasteiger partial charge >= 0.3 is 11.9 Å². The zero-order valence-electron chi connectivity index (χ0n) is 19.7.